The minimum Gasteiger partial charge on any atom is -0.444 e. The van der Waals surface area contributed by atoms with Crippen LogP contribution in [0.5, 0.6) is 0 Å². The van der Waals surface area contributed by atoms with Gasteiger partial charge in [0.15, 0.2) is 11.5 Å². The van der Waals surface area contributed by atoms with Crippen molar-refractivity contribution in [2.75, 3.05) is 36.9 Å². The van der Waals surface area contributed by atoms with Crippen molar-refractivity contribution < 1.29 is 23.4 Å². The van der Waals surface area contributed by atoms with Crippen LogP contribution < -0.4 is 16.3 Å². The van der Waals surface area contributed by atoms with Crippen LogP contribution in [0.2, 0.25) is 0 Å². The molecule has 13 heteroatoms. The van der Waals surface area contributed by atoms with Crippen molar-refractivity contribution >= 4 is 28.6 Å². The summed E-state index contributed by atoms with van der Waals surface area (Å²) in [5.74, 6) is -1.57. The molecule has 1 aliphatic rings. The lowest BCUT2D eigenvalue weighted by Crippen LogP contribution is -2.55. The number of nitrogens with zero attached hydrogens (tertiary/aromatic N) is 6. The number of piperazine rings is 1. The summed E-state index contributed by atoms with van der Waals surface area (Å²) in [6.07, 6.45) is 2.03. The Morgan fingerprint density at radius 3 is 2.53 bits per heavy atom. The number of amides is 1. The maximum atomic E-state index is 16.1. The molecule has 3 aromatic heterocycles. The highest BCUT2D eigenvalue weighted by Crippen LogP contribution is 2.36. The largest absolute Gasteiger partial charge is 0.444 e. The molecule has 1 amide bonds. The second kappa shape index (κ2) is 13.2. The molecule has 0 aliphatic carbocycles. The quantitative estimate of drug-likeness (QED) is 0.259. The lowest BCUT2D eigenvalue weighted by Gasteiger charge is -2.41. The number of hydrogen-bond acceptors (Lipinski definition) is 9. The summed E-state index contributed by atoms with van der Waals surface area (Å²) in [5.41, 5.74) is 5.93. The number of nitrogen functional groups attached to an aromatic ring is 1. The standard InChI is InChI=1S/C34H41F2N7O4/c1-19(2)27-29(21(9-8-16-44)12-13-38-27)43-31-22(17-24(36)28(39-31)26-23(35)10-7-11-25(26)37)30(40-32(43)45)42-15-14-41(18-20(42)3)33(46)47-34(4,5)6/h7,10-13,17,19-20,44H,8-9,14-16,18,37H2,1-6H3/t20-/m0/s1. The Hall–Kier alpha value is -4.65. The highest BCUT2D eigenvalue weighted by atomic mass is 19.1. The van der Waals surface area contributed by atoms with Gasteiger partial charge in [-0.25, -0.2) is 27.9 Å². The number of anilines is 2. The first-order chi connectivity index (χ1) is 22.2. The number of aromatic nitrogens is 4. The molecule has 1 aliphatic heterocycles. The van der Waals surface area contributed by atoms with Crippen LogP contribution in [0, 0.1) is 11.6 Å². The third kappa shape index (κ3) is 6.76. The Bertz CT molecular complexity index is 1850. The molecule has 5 rings (SSSR count). The van der Waals surface area contributed by atoms with Crippen LogP contribution in [0.1, 0.15) is 65.1 Å². The van der Waals surface area contributed by atoms with E-state index >= 15 is 8.78 Å². The zero-order valence-corrected chi connectivity index (χ0v) is 27.5. The molecule has 4 heterocycles. The average Bonchev–Trinajstić information content (AvgIpc) is 2.99. The zero-order valence-electron chi connectivity index (χ0n) is 27.5. The predicted octanol–water partition coefficient (Wildman–Crippen LogP) is 5.20. The summed E-state index contributed by atoms with van der Waals surface area (Å²) in [5, 5.41) is 9.83. The van der Waals surface area contributed by atoms with Gasteiger partial charge in [0.1, 0.15) is 22.9 Å². The van der Waals surface area contributed by atoms with Crippen molar-refractivity contribution in [1.82, 2.24) is 24.4 Å². The van der Waals surface area contributed by atoms with Gasteiger partial charge in [-0.2, -0.15) is 4.98 Å². The minimum atomic E-state index is -0.849. The number of aryl methyl sites for hydroxylation is 1. The summed E-state index contributed by atoms with van der Waals surface area (Å²) in [6.45, 7) is 11.9. The van der Waals surface area contributed by atoms with Crippen molar-refractivity contribution in [3.05, 3.63) is 69.9 Å². The van der Waals surface area contributed by atoms with Crippen LogP contribution in [-0.2, 0) is 11.2 Å². The van der Waals surface area contributed by atoms with Crippen LogP contribution in [-0.4, -0.2) is 73.5 Å². The molecule has 11 nitrogen and oxygen atoms in total. The monoisotopic (exact) mass is 649 g/mol. The van der Waals surface area contributed by atoms with Gasteiger partial charge in [0, 0.05) is 44.2 Å². The SMILES string of the molecule is CC(C)c1nccc(CCCO)c1-n1c(=O)nc(N2CCN(C(=O)OC(C)(C)C)C[C@@H]2C)c2cc(F)c(-c3c(N)cccc3F)nc21. The van der Waals surface area contributed by atoms with E-state index in [1.807, 2.05) is 25.7 Å². The molecule has 1 fully saturated rings. The van der Waals surface area contributed by atoms with E-state index in [2.05, 4.69) is 15.0 Å². The predicted molar refractivity (Wildman–Crippen MR) is 177 cm³/mol. The molecule has 0 radical (unpaired) electrons. The highest BCUT2D eigenvalue weighted by molar-refractivity contribution is 5.91. The van der Waals surface area contributed by atoms with Crippen LogP contribution in [0.4, 0.5) is 25.1 Å². The normalized spacial score (nSPS) is 15.5. The lowest BCUT2D eigenvalue weighted by molar-refractivity contribution is 0.0218. The first-order valence-electron chi connectivity index (χ1n) is 15.7. The minimum absolute atomic E-state index is 0.0151. The fraction of sp³-hybridized carbons (Fsp3) is 0.441. The van der Waals surface area contributed by atoms with Crippen molar-refractivity contribution in [2.45, 2.75) is 71.9 Å². The molecule has 0 unspecified atom stereocenters. The number of carbonyl (C=O) groups is 1. The first-order valence-corrected chi connectivity index (χ1v) is 15.7. The number of carbonyl (C=O) groups excluding carboxylic acids is 1. The third-order valence-corrected chi connectivity index (χ3v) is 8.05. The number of fused-ring (bicyclic) bond motifs is 1. The Morgan fingerprint density at radius 2 is 1.89 bits per heavy atom. The molecule has 1 saturated heterocycles. The van der Waals surface area contributed by atoms with Crippen molar-refractivity contribution in [2.24, 2.45) is 0 Å². The fourth-order valence-corrected chi connectivity index (χ4v) is 5.92. The molecular weight excluding hydrogens is 608 g/mol. The Kier molecular flexibility index (Phi) is 9.48. The second-order valence-electron chi connectivity index (χ2n) is 13.1. The van der Waals surface area contributed by atoms with E-state index in [-0.39, 0.29) is 72.0 Å². The van der Waals surface area contributed by atoms with Gasteiger partial charge in [0.25, 0.3) is 0 Å². The number of hydrogen-bond donors (Lipinski definition) is 2. The van der Waals surface area contributed by atoms with Gasteiger partial charge in [-0.05, 0) is 76.3 Å². The van der Waals surface area contributed by atoms with Crippen LogP contribution in [0.25, 0.3) is 28.0 Å². The molecule has 47 heavy (non-hydrogen) atoms. The lowest BCUT2D eigenvalue weighted by atomic mass is 10.0. The van der Waals surface area contributed by atoms with Crippen LogP contribution in [0.15, 0.2) is 41.3 Å². The van der Waals surface area contributed by atoms with E-state index in [0.717, 1.165) is 0 Å². The Morgan fingerprint density at radius 1 is 1.15 bits per heavy atom. The molecule has 250 valence electrons. The van der Waals surface area contributed by atoms with E-state index in [4.69, 9.17) is 10.5 Å². The van der Waals surface area contributed by atoms with E-state index < -0.39 is 29.0 Å². The molecule has 1 atom stereocenters. The zero-order chi connectivity index (χ0) is 34.2. The number of rotatable bonds is 7. The van der Waals surface area contributed by atoms with Gasteiger partial charge in [-0.3, -0.25) is 4.98 Å². The molecule has 0 saturated carbocycles. The molecule has 1 aromatic carbocycles. The number of ether oxygens (including phenoxy) is 1. The summed E-state index contributed by atoms with van der Waals surface area (Å²) < 4.78 is 38.1. The smallest absolute Gasteiger partial charge is 0.410 e. The molecule has 3 N–H and O–H groups in total. The first kappa shape index (κ1) is 33.7. The van der Waals surface area contributed by atoms with E-state index in [1.165, 1.54) is 28.8 Å². The highest BCUT2D eigenvalue weighted by Gasteiger charge is 2.33. The number of pyridine rings is 2. The van der Waals surface area contributed by atoms with E-state index in [0.29, 0.717) is 29.8 Å². The van der Waals surface area contributed by atoms with Crippen molar-refractivity contribution in [1.29, 1.82) is 0 Å². The maximum Gasteiger partial charge on any atom is 0.410 e. The van der Waals surface area contributed by atoms with Crippen LogP contribution in [0.3, 0.4) is 0 Å². The Labute approximate surface area is 272 Å². The topological polar surface area (TPSA) is 140 Å². The van der Waals surface area contributed by atoms with Crippen LogP contribution >= 0.6 is 0 Å². The van der Waals surface area contributed by atoms with Gasteiger partial charge in [-0.1, -0.05) is 19.9 Å². The number of aliphatic hydroxyl groups excluding tert-OH is 1. The summed E-state index contributed by atoms with van der Waals surface area (Å²) in [6, 6.07) is 6.66. The molecule has 4 aromatic rings. The average molecular weight is 650 g/mol. The molecular formula is C34H41F2N7O4. The summed E-state index contributed by atoms with van der Waals surface area (Å²) >= 11 is 0. The van der Waals surface area contributed by atoms with Crippen molar-refractivity contribution in [3.63, 3.8) is 0 Å². The van der Waals surface area contributed by atoms with Gasteiger partial charge >= 0.3 is 11.8 Å². The van der Waals surface area contributed by atoms with E-state index in [1.54, 1.807) is 37.9 Å². The number of aliphatic hydroxyl groups is 1. The number of benzene rings is 1. The second-order valence-corrected chi connectivity index (χ2v) is 13.1. The Balaban J connectivity index is 1.76. The summed E-state index contributed by atoms with van der Waals surface area (Å²) in [7, 11) is 0. The number of nitrogens with two attached hydrogens (primary N) is 1. The molecule has 0 bridgehead atoms. The van der Waals surface area contributed by atoms with E-state index in [9.17, 15) is 14.7 Å². The third-order valence-electron chi connectivity index (χ3n) is 8.05. The molecule has 0 spiro atoms. The summed E-state index contributed by atoms with van der Waals surface area (Å²) in [4.78, 5) is 44.2. The maximum absolute atomic E-state index is 16.1. The van der Waals surface area contributed by atoms with Gasteiger partial charge < -0.3 is 25.4 Å². The fourth-order valence-electron chi connectivity index (χ4n) is 5.92. The van der Waals surface area contributed by atoms with Crippen molar-refractivity contribution in [3.8, 4) is 16.9 Å². The van der Waals surface area contributed by atoms with Gasteiger partial charge in [-0.15, -0.1) is 0 Å². The van der Waals surface area contributed by atoms with Gasteiger partial charge in [0.05, 0.1) is 22.3 Å². The number of halogens is 2. The van der Waals surface area contributed by atoms with Gasteiger partial charge in [0.2, 0.25) is 0 Å².